The zero-order chi connectivity index (χ0) is 25.2. The van der Waals surface area contributed by atoms with Crippen LogP contribution in [0.1, 0.15) is 23.6 Å². The van der Waals surface area contributed by atoms with Gasteiger partial charge in [0.1, 0.15) is 11.3 Å². The van der Waals surface area contributed by atoms with Crippen molar-refractivity contribution in [2.75, 3.05) is 13.7 Å². The molecule has 5 aromatic rings. The van der Waals surface area contributed by atoms with Gasteiger partial charge in [-0.15, -0.1) is 0 Å². The van der Waals surface area contributed by atoms with Gasteiger partial charge >= 0.3 is 0 Å². The van der Waals surface area contributed by atoms with Gasteiger partial charge in [-0.25, -0.2) is 0 Å². The Hall–Kier alpha value is -3.96. The minimum atomic E-state index is -0.141. The van der Waals surface area contributed by atoms with Crippen LogP contribution in [0.25, 0.3) is 38.6 Å². The number of H-pyrrole nitrogens is 1. The Balaban J connectivity index is 1.39. The molecule has 3 aromatic carbocycles. The first-order valence-corrected chi connectivity index (χ1v) is 12.2. The second-order valence-corrected chi connectivity index (χ2v) is 9.28. The predicted molar refractivity (Wildman–Crippen MR) is 147 cm³/mol. The minimum Gasteiger partial charge on any atom is -0.496 e. The summed E-state index contributed by atoms with van der Waals surface area (Å²) in [7, 11) is 1.63. The Kier molecular flexibility index (Phi) is 6.57. The highest BCUT2D eigenvalue weighted by atomic mass is 35.5. The summed E-state index contributed by atoms with van der Waals surface area (Å²) in [4.78, 5) is 16.0. The molecular formula is C30H27ClN2O3. The SMILES string of the molecule is COc1c(/C(C)=C/C(=O)NCCc2c[nH]c3ccccc23)cc2c(-c3ccc(Cl)cc3)coc2c1C. The van der Waals surface area contributed by atoms with Crippen molar-refractivity contribution in [2.45, 2.75) is 20.3 Å². The van der Waals surface area contributed by atoms with Crippen molar-refractivity contribution in [3.8, 4) is 16.9 Å². The van der Waals surface area contributed by atoms with E-state index in [4.69, 9.17) is 20.8 Å². The van der Waals surface area contributed by atoms with E-state index in [2.05, 4.69) is 16.4 Å². The van der Waals surface area contributed by atoms with Crippen LogP contribution in [0.4, 0.5) is 0 Å². The van der Waals surface area contributed by atoms with Crippen molar-refractivity contribution in [3.05, 3.63) is 94.8 Å². The van der Waals surface area contributed by atoms with E-state index in [-0.39, 0.29) is 5.91 Å². The Morgan fingerprint density at radius 2 is 1.92 bits per heavy atom. The van der Waals surface area contributed by atoms with E-state index in [0.717, 1.165) is 50.7 Å². The quantitative estimate of drug-likeness (QED) is 0.231. The molecule has 2 heterocycles. The summed E-state index contributed by atoms with van der Waals surface area (Å²) in [5, 5.41) is 5.83. The Morgan fingerprint density at radius 1 is 1.14 bits per heavy atom. The smallest absolute Gasteiger partial charge is 0.244 e. The maximum absolute atomic E-state index is 12.8. The lowest BCUT2D eigenvalue weighted by atomic mass is 9.96. The molecule has 182 valence electrons. The number of carbonyl (C=O) groups excluding carboxylic acids is 1. The molecule has 2 aromatic heterocycles. The van der Waals surface area contributed by atoms with Gasteiger partial charge in [0.15, 0.2) is 0 Å². The minimum absolute atomic E-state index is 0.141. The summed E-state index contributed by atoms with van der Waals surface area (Å²) in [6.07, 6.45) is 6.13. The van der Waals surface area contributed by atoms with Gasteiger partial charge in [-0.05, 0) is 61.2 Å². The van der Waals surface area contributed by atoms with Gasteiger partial charge in [0.2, 0.25) is 5.91 Å². The van der Waals surface area contributed by atoms with Crippen LogP contribution in [0, 0.1) is 6.92 Å². The second kappa shape index (κ2) is 9.96. The standard InChI is InChI=1S/C30H27ClN2O3/c1-18(14-28(34)32-13-12-21-16-33-27-7-5-4-6-23(21)27)24-15-25-26(20-8-10-22(31)11-9-20)17-36-30(25)19(2)29(24)35-3/h4-11,14-17,33H,12-13H2,1-3H3,(H,32,34)/b18-14+. The molecule has 0 spiro atoms. The maximum atomic E-state index is 12.8. The van der Waals surface area contributed by atoms with Crippen molar-refractivity contribution in [2.24, 2.45) is 0 Å². The predicted octanol–water partition coefficient (Wildman–Crippen LogP) is 7.31. The summed E-state index contributed by atoms with van der Waals surface area (Å²) in [5.74, 6) is 0.553. The number of benzene rings is 3. The van der Waals surface area contributed by atoms with Crippen LogP contribution in [0.3, 0.4) is 0 Å². The van der Waals surface area contributed by atoms with Crippen molar-refractivity contribution in [1.29, 1.82) is 0 Å². The first-order valence-electron chi connectivity index (χ1n) is 11.8. The van der Waals surface area contributed by atoms with E-state index < -0.39 is 0 Å². The molecule has 1 amide bonds. The Labute approximate surface area is 214 Å². The molecule has 0 unspecified atom stereocenters. The largest absolute Gasteiger partial charge is 0.496 e. The molecule has 36 heavy (non-hydrogen) atoms. The summed E-state index contributed by atoms with van der Waals surface area (Å²) in [6.45, 7) is 4.43. The van der Waals surface area contributed by atoms with Gasteiger partial charge < -0.3 is 19.5 Å². The van der Waals surface area contributed by atoms with Crippen molar-refractivity contribution >= 4 is 45.0 Å². The highest BCUT2D eigenvalue weighted by molar-refractivity contribution is 6.30. The molecule has 2 N–H and O–H groups in total. The van der Waals surface area contributed by atoms with Crippen LogP contribution < -0.4 is 10.1 Å². The number of carbonyl (C=O) groups is 1. The fourth-order valence-electron chi connectivity index (χ4n) is 4.71. The number of aryl methyl sites for hydroxylation is 1. The zero-order valence-electron chi connectivity index (χ0n) is 20.4. The number of hydrogen-bond acceptors (Lipinski definition) is 3. The van der Waals surface area contributed by atoms with Gasteiger partial charge in [-0.3, -0.25) is 4.79 Å². The number of hydrogen-bond donors (Lipinski definition) is 2. The van der Waals surface area contributed by atoms with Crippen LogP contribution >= 0.6 is 11.6 Å². The van der Waals surface area contributed by atoms with E-state index in [1.807, 2.05) is 68.6 Å². The molecule has 0 radical (unpaired) electrons. The summed E-state index contributed by atoms with van der Waals surface area (Å²) in [5.41, 5.74) is 7.56. The van der Waals surface area contributed by atoms with Crippen LogP contribution in [0.15, 0.2) is 77.6 Å². The average molecular weight is 499 g/mol. The fraction of sp³-hybridized carbons (Fsp3) is 0.167. The zero-order valence-corrected chi connectivity index (χ0v) is 21.2. The van der Waals surface area contributed by atoms with Crippen LogP contribution in [0.2, 0.25) is 5.02 Å². The highest BCUT2D eigenvalue weighted by Crippen LogP contribution is 2.40. The monoisotopic (exact) mass is 498 g/mol. The molecule has 0 saturated carbocycles. The third kappa shape index (κ3) is 4.50. The number of furan rings is 1. The van der Waals surface area contributed by atoms with Crippen LogP contribution in [-0.2, 0) is 11.2 Å². The molecule has 0 aliphatic heterocycles. The van der Waals surface area contributed by atoms with Crippen molar-refractivity contribution in [1.82, 2.24) is 10.3 Å². The molecule has 0 fully saturated rings. The molecule has 0 aliphatic rings. The topological polar surface area (TPSA) is 67.3 Å². The summed E-state index contributed by atoms with van der Waals surface area (Å²) >= 11 is 6.08. The molecule has 5 nitrogen and oxygen atoms in total. The number of allylic oxidation sites excluding steroid dienone is 1. The van der Waals surface area contributed by atoms with E-state index in [1.165, 1.54) is 10.9 Å². The molecule has 0 saturated heterocycles. The number of aromatic nitrogens is 1. The third-order valence-electron chi connectivity index (χ3n) is 6.54. The first kappa shape index (κ1) is 23.8. The van der Waals surface area contributed by atoms with Gasteiger partial charge in [0, 0.05) is 56.8 Å². The lowest BCUT2D eigenvalue weighted by Crippen LogP contribution is -2.23. The number of aromatic amines is 1. The number of rotatable bonds is 7. The number of methoxy groups -OCH3 is 1. The average Bonchev–Trinajstić information content (AvgIpc) is 3.49. The van der Waals surface area contributed by atoms with Crippen LogP contribution in [-0.4, -0.2) is 24.5 Å². The normalized spacial score (nSPS) is 11.8. The molecule has 6 heteroatoms. The maximum Gasteiger partial charge on any atom is 0.244 e. The van der Waals surface area contributed by atoms with Gasteiger partial charge in [0.05, 0.1) is 13.4 Å². The summed E-state index contributed by atoms with van der Waals surface area (Å²) < 4.78 is 11.7. The number of halogens is 1. The molecule has 0 aliphatic carbocycles. The highest BCUT2D eigenvalue weighted by Gasteiger charge is 2.19. The van der Waals surface area contributed by atoms with E-state index in [0.29, 0.717) is 17.3 Å². The van der Waals surface area contributed by atoms with Gasteiger partial charge in [-0.2, -0.15) is 0 Å². The number of ether oxygens (including phenoxy) is 1. The lowest BCUT2D eigenvalue weighted by Gasteiger charge is -2.13. The Bertz CT molecular complexity index is 1590. The van der Waals surface area contributed by atoms with E-state index >= 15 is 0 Å². The molecule has 0 atom stereocenters. The molecule has 5 rings (SSSR count). The van der Waals surface area contributed by atoms with Crippen molar-refractivity contribution < 1.29 is 13.9 Å². The van der Waals surface area contributed by atoms with Crippen LogP contribution in [0.5, 0.6) is 5.75 Å². The second-order valence-electron chi connectivity index (χ2n) is 8.84. The van der Waals surface area contributed by atoms with Gasteiger partial charge in [-0.1, -0.05) is 41.9 Å². The van der Waals surface area contributed by atoms with Gasteiger partial charge in [0.25, 0.3) is 0 Å². The third-order valence-corrected chi connectivity index (χ3v) is 6.80. The lowest BCUT2D eigenvalue weighted by molar-refractivity contribution is -0.116. The molecular weight excluding hydrogens is 472 g/mol. The number of amides is 1. The summed E-state index contributed by atoms with van der Waals surface area (Å²) in [6, 6.07) is 17.9. The first-order chi connectivity index (χ1) is 17.5. The number of para-hydroxylation sites is 1. The van der Waals surface area contributed by atoms with E-state index in [1.54, 1.807) is 19.4 Å². The Morgan fingerprint density at radius 3 is 2.69 bits per heavy atom. The number of fused-ring (bicyclic) bond motifs is 2. The molecule has 0 bridgehead atoms. The fourth-order valence-corrected chi connectivity index (χ4v) is 4.84. The number of nitrogens with one attached hydrogen (secondary N) is 2. The van der Waals surface area contributed by atoms with E-state index in [9.17, 15) is 4.79 Å². The van der Waals surface area contributed by atoms with Crippen molar-refractivity contribution in [3.63, 3.8) is 0 Å².